The predicted octanol–water partition coefficient (Wildman–Crippen LogP) is 4.65. The van der Waals surface area contributed by atoms with Crippen molar-refractivity contribution in [1.82, 2.24) is 0 Å². The van der Waals surface area contributed by atoms with Crippen molar-refractivity contribution < 1.29 is 23.7 Å². The number of hydrogen-bond donors (Lipinski definition) is 1. The van der Waals surface area contributed by atoms with Crippen LogP contribution in [-0.2, 0) is 9.09 Å². The van der Waals surface area contributed by atoms with E-state index in [9.17, 15) is 9.36 Å². The van der Waals surface area contributed by atoms with Gasteiger partial charge >= 0.3 is 13.3 Å². The van der Waals surface area contributed by atoms with Gasteiger partial charge in [-0.1, -0.05) is 41.3 Å². The molecular formula is C18H15Cl2O5P. The summed E-state index contributed by atoms with van der Waals surface area (Å²) < 4.78 is 24.0. The Kier molecular flexibility index (Phi) is 6.75. The first-order valence-corrected chi connectivity index (χ1v) is 9.84. The van der Waals surface area contributed by atoms with Gasteiger partial charge in [-0.05, 0) is 36.9 Å². The summed E-state index contributed by atoms with van der Waals surface area (Å²) in [5, 5.41) is 9.32. The minimum absolute atomic E-state index is 0.0576. The molecule has 0 saturated carbocycles. The van der Waals surface area contributed by atoms with E-state index < -0.39 is 13.3 Å². The third-order valence-electron chi connectivity index (χ3n) is 3.32. The molecule has 2 rings (SSSR count). The van der Waals surface area contributed by atoms with Crippen LogP contribution in [0, 0.1) is 11.6 Å². The van der Waals surface area contributed by atoms with Gasteiger partial charge in [-0.2, -0.15) is 0 Å². The summed E-state index contributed by atoms with van der Waals surface area (Å²) in [5.74, 6) is 1.87. The number of carboxylic acids is 1. The van der Waals surface area contributed by atoms with E-state index >= 15 is 0 Å². The van der Waals surface area contributed by atoms with E-state index in [1.165, 1.54) is 19.2 Å². The van der Waals surface area contributed by atoms with Gasteiger partial charge in [0.2, 0.25) is 0 Å². The molecule has 0 saturated heterocycles. The Bertz CT molecular complexity index is 923. The lowest BCUT2D eigenvalue weighted by Gasteiger charge is -2.15. The number of benzene rings is 2. The third kappa shape index (κ3) is 4.41. The molecule has 1 unspecified atom stereocenters. The largest absolute Gasteiger partial charge is 0.496 e. The van der Waals surface area contributed by atoms with E-state index in [0.717, 1.165) is 0 Å². The van der Waals surface area contributed by atoms with Crippen molar-refractivity contribution in [3.63, 3.8) is 0 Å². The molecule has 0 fully saturated rings. The molecule has 0 bridgehead atoms. The Balaban J connectivity index is 2.54. The molecule has 0 aromatic heterocycles. The maximum absolute atomic E-state index is 13.3. The van der Waals surface area contributed by atoms with E-state index in [1.54, 1.807) is 31.2 Å². The van der Waals surface area contributed by atoms with Crippen LogP contribution in [0.5, 0.6) is 5.75 Å². The zero-order chi connectivity index (χ0) is 19.3. The second kappa shape index (κ2) is 8.62. The summed E-state index contributed by atoms with van der Waals surface area (Å²) in [6, 6.07) is 9.44. The molecular weight excluding hydrogens is 398 g/mol. The van der Waals surface area contributed by atoms with Gasteiger partial charge in [0.05, 0.1) is 34.6 Å². The second-order valence-corrected chi connectivity index (χ2v) is 7.88. The van der Waals surface area contributed by atoms with Crippen LogP contribution in [0.4, 0.5) is 0 Å². The summed E-state index contributed by atoms with van der Waals surface area (Å²) in [4.78, 5) is 11.1. The molecule has 0 amide bonds. The molecule has 1 atom stereocenters. The normalized spacial score (nSPS) is 12.6. The average molecular weight is 413 g/mol. The first-order valence-electron chi connectivity index (χ1n) is 7.46. The molecule has 136 valence electrons. The molecule has 0 heterocycles. The highest BCUT2D eigenvalue weighted by Gasteiger charge is 2.27. The van der Waals surface area contributed by atoms with Crippen molar-refractivity contribution in [2.24, 2.45) is 0 Å². The van der Waals surface area contributed by atoms with Crippen LogP contribution in [0.1, 0.15) is 22.8 Å². The molecule has 0 aliphatic carbocycles. The quantitative estimate of drug-likeness (QED) is 0.571. The fourth-order valence-corrected chi connectivity index (χ4v) is 4.56. The minimum Gasteiger partial charge on any atom is -0.496 e. The number of carbonyl (C=O) groups is 1. The number of halogens is 2. The van der Waals surface area contributed by atoms with Gasteiger partial charge in [-0.15, -0.1) is 0 Å². The van der Waals surface area contributed by atoms with Crippen LogP contribution in [0.25, 0.3) is 0 Å². The smallest absolute Gasteiger partial charge is 0.338 e. The van der Waals surface area contributed by atoms with Gasteiger partial charge in [-0.3, -0.25) is 4.57 Å². The highest BCUT2D eigenvalue weighted by molar-refractivity contribution is 7.72. The van der Waals surface area contributed by atoms with Gasteiger partial charge in [-0.25, -0.2) is 4.79 Å². The van der Waals surface area contributed by atoms with Crippen LogP contribution in [0.2, 0.25) is 10.0 Å². The summed E-state index contributed by atoms with van der Waals surface area (Å²) in [5.41, 5.74) is 2.75. The molecule has 26 heavy (non-hydrogen) atoms. The molecule has 0 radical (unpaired) electrons. The Morgan fingerprint density at radius 1 is 1.23 bits per heavy atom. The van der Waals surface area contributed by atoms with Gasteiger partial charge in [0.15, 0.2) is 0 Å². The van der Waals surface area contributed by atoms with E-state index in [2.05, 4.69) is 11.6 Å². The van der Waals surface area contributed by atoms with Crippen molar-refractivity contribution in [3.8, 4) is 17.3 Å². The SMILES string of the molecule is CCOP(=O)(C#Cc1cc(Cl)c(C(=O)O)c(Cl)c1)c1ccccc1OC. The van der Waals surface area contributed by atoms with Crippen LogP contribution < -0.4 is 10.0 Å². The van der Waals surface area contributed by atoms with Crippen LogP contribution >= 0.6 is 30.6 Å². The van der Waals surface area contributed by atoms with Gasteiger partial charge in [0, 0.05) is 5.56 Å². The zero-order valence-electron chi connectivity index (χ0n) is 14.0. The number of methoxy groups -OCH3 is 1. The number of ether oxygens (including phenoxy) is 1. The fraction of sp³-hybridized carbons (Fsp3) is 0.167. The monoisotopic (exact) mass is 412 g/mol. The van der Waals surface area contributed by atoms with Crippen molar-refractivity contribution in [1.29, 1.82) is 0 Å². The molecule has 8 heteroatoms. The van der Waals surface area contributed by atoms with Gasteiger partial charge in [0.1, 0.15) is 5.75 Å². The standard InChI is InChI=1S/C18H15Cl2O5P/c1-3-25-26(23,16-7-5-4-6-15(16)24-2)9-8-12-10-13(19)17(18(21)22)14(20)11-12/h4-7,10-11H,3H2,1-2H3,(H,21,22). The maximum Gasteiger partial charge on any atom is 0.338 e. The molecule has 0 spiro atoms. The van der Waals surface area contributed by atoms with E-state index in [1.807, 2.05) is 0 Å². The van der Waals surface area contributed by atoms with E-state index in [-0.39, 0.29) is 22.2 Å². The van der Waals surface area contributed by atoms with Crippen molar-refractivity contribution in [3.05, 3.63) is 57.6 Å². The van der Waals surface area contributed by atoms with Crippen molar-refractivity contribution in [2.45, 2.75) is 6.92 Å². The second-order valence-electron chi connectivity index (χ2n) is 5.00. The fourth-order valence-electron chi connectivity index (χ4n) is 2.20. The molecule has 0 aliphatic heterocycles. The third-order valence-corrected chi connectivity index (χ3v) is 5.94. The Morgan fingerprint density at radius 3 is 2.38 bits per heavy atom. The summed E-state index contributed by atoms with van der Waals surface area (Å²) in [7, 11) is -2.08. The highest BCUT2D eigenvalue weighted by atomic mass is 35.5. The Hall–Kier alpha value is -1.96. The van der Waals surface area contributed by atoms with Crippen molar-refractivity contribution in [2.75, 3.05) is 13.7 Å². The number of carboxylic acid groups (broad SMARTS) is 1. The Morgan fingerprint density at radius 2 is 1.85 bits per heavy atom. The zero-order valence-corrected chi connectivity index (χ0v) is 16.4. The van der Waals surface area contributed by atoms with Crippen LogP contribution in [0.3, 0.4) is 0 Å². The molecule has 5 nitrogen and oxygen atoms in total. The summed E-state index contributed by atoms with van der Waals surface area (Å²) in [6.45, 7) is 1.89. The molecule has 1 N–H and O–H groups in total. The van der Waals surface area contributed by atoms with Crippen LogP contribution in [0.15, 0.2) is 36.4 Å². The lowest BCUT2D eigenvalue weighted by atomic mass is 10.1. The summed E-state index contributed by atoms with van der Waals surface area (Å²) >= 11 is 11.9. The van der Waals surface area contributed by atoms with E-state index in [4.69, 9.17) is 37.6 Å². The number of para-hydroxylation sites is 1. The van der Waals surface area contributed by atoms with Gasteiger partial charge < -0.3 is 14.4 Å². The van der Waals surface area contributed by atoms with Crippen molar-refractivity contribution >= 4 is 41.8 Å². The number of rotatable bonds is 5. The first-order chi connectivity index (χ1) is 12.3. The average Bonchev–Trinajstić information content (AvgIpc) is 2.59. The topological polar surface area (TPSA) is 72.8 Å². The molecule has 0 aliphatic rings. The lowest BCUT2D eigenvalue weighted by molar-refractivity contribution is 0.0697. The number of aromatic carboxylic acids is 1. The predicted molar refractivity (Wildman–Crippen MR) is 102 cm³/mol. The van der Waals surface area contributed by atoms with Crippen LogP contribution in [-0.4, -0.2) is 24.8 Å². The lowest BCUT2D eigenvalue weighted by Crippen LogP contribution is -2.09. The first kappa shape index (κ1) is 20.4. The molecule has 2 aromatic rings. The van der Waals surface area contributed by atoms with Gasteiger partial charge in [0.25, 0.3) is 0 Å². The number of hydrogen-bond acceptors (Lipinski definition) is 4. The Labute approximate surface area is 161 Å². The maximum atomic E-state index is 13.3. The summed E-state index contributed by atoms with van der Waals surface area (Å²) in [6.07, 6.45) is 0. The molecule has 2 aromatic carbocycles. The minimum atomic E-state index is -3.54. The van der Waals surface area contributed by atoms with E-state index in [0.29, 0.717) is 16.6 Å². The highest BCUT2D eigenvalue weighted by Crippen LogP contribution is 2.47.